The minimum absolute atomic E-state index is 0.121. The maximum atomic E-state index is 2.58. The van der Waals surface area contributed by atoms with Gasteiger partial charge >= 0.3 is 0 Å². The fraction of sp³-hybridized carbons (Fsp3) is 0.0882. The molecule has 0 saturated heterocycles. The van der Waals surface area contributed by atoms with E-state index in [2.05, 4.69) is 258 Å². The monoisotopic (exact) mass is 868 g/mol. The van der Waals surface area contributed by atoms with Crippen molar-refractivity contribution in [2.75, 3.05) is 0 Å². The maximum Gasteiger partial charge on any atom is 0.0158 e. The van der Waals surface area contributed by atoms with Crippen LogP contribution in [0, 0.1) is 20.8 Å². The minimum atomic E-state index is 0.121. The summed E-state index contributed by atoms with van der Waals surface area (Å²) in [6.45, 7) is 9.21. The van der Waals surface area contributed by atoms with Gasteiger partial charge in [-0.25, -0.2) is 0 Å². The predicted molar refractivity (Wildman–Crippen MR) is 292 cm³/mol. The maximum absolute atomic E-state index is 2.58. The van der Waals surface area contributed by atoms with Gasteiger partial charge in [-0.05, 0) is 167 Å². The Morgan fingerprint density at radius 2 is 0.706 bits per heavy atom. The Bertz CT molecular complexity index is 3630. The summed E-state index contributed by atoms with van der Waals surface area (Å²) >= 11 is 0. The van der Waals surface area contributed by atoms with Crippen LogP contribution < -0.4 is 0 Å². The summed E-state index contributed by atoms with van der Waals surface area (Å²) in [5.74, 6) is 0.292. The largest absolute Gasteiger partial charge is 0.0761 e. The van der Waals surface area contributed by atoms with Gasteiger partial charge in [0.25, 0.3) is 0 Å². The van der Waals surface area contributed by atoms with E-state index in [0.29, 0.717) is 0 Å². The quantitative estimate of drug-likeness (QED) is 0.134. The molecule has 0 heteroatoms. The molecule has 68 heavy (non-hydrogen) atoms. The van der Waals surface area contributed by atoms with E-state index < -0.39 is 0 Å². The molecule has 0 nitrogen and oxygen atoms in total. The van der Waals surface area contributed by atoms with Gasteiger partial charge in [-0.2, -0.15) is 0 Å². The lowest BCUT2D eigenvalue weighted by Crippen LogP contribution is -2.14. The first-order valence-corrected chi connectivity index (χ1v) is 24.1. The SMILES string of the molecule is CC1=CC=CC(c2ccccc2)C1c1cc(-c2c(C)cccc2-c2ccccc2)c2ccc3c(-c4c(C)cccc4-c4ccccc4)cc(-c4c(C)cccc4-c4ccccc4)c4ccc1c2c34. The predicted octanol–water partition coefficient (Wildman–Crippen LogP) is 18.9. The zero-order chi connectivity index (χ0) is 45.9. The fourth-order valence-corrected chi connectivity index (χ4v) is 11.8. The van der Waals surface area contributed by atoms with E-state index in [0.717, 1.165) is 0 Å². The Hall–Kier alpha value is -8.06. The van der Waals surface area contributed by atoms with Crippen molar-refractivity contribution in [3.63, 3.8) is 0 Å². The average molecular weight is 869 g/mol. The molecule has 0 amide bonds. The zero-order valence-corrected chi connectivity index (χ0v) is 39.1. The van der Waals surface area contributed by atoms with Crippen LogP contribution in [0.5, 0.6) is 0 Å². The minimum Gasteiger partial charge on any atom is -0.0761 e. The molecule has 0 bridgehead atoms. The third-order valence-electron chi connectivity index (χ3n) is 14.9. The standard InChI is InChI=1S/C68H52/c1-43-21-17-33-51(47-25-9-5-10-26-47)63(43)59-41-60(64-44(2)22-18-34-52(64)48-27-11-6-12-28-48)56-39-40-58-62(66-46(4)24-20-36-54(66)50-31-15-8-16-32-50)42-61(57-38-37-55(59)67(56)68(57)58)65-45(3)23-19-35-53(65)49-29-13-7-14-30-49/h5-42,51,63H,1-4H3. The first-order valence-electron chi connectivity index (χ1n) is 24.1. The normalized spacial score (nSPS) is 14.8. The van der Waals surface area contributed by atoms with Gasteiger partial charge in [0.2, 0.25) is 0 Å². The second-order valence-corrected chi connectivity index (χ2v) is 18.9. The summed E-state index contributed by atoms with van der Waals surface area (Å²) < 4.78 is 0. The zero-order valence-electron chi connectivity index (χ0n) is 39.1. The highest BCUT2D eigenvalue weighted by molar-refractivity contribution is 6.31. The number of hydrogen-bond acceptors (Lipinski definition) is 0. The van der Waals surface area contributed by atoms with E-state index in [9.17, 15) is 0 Å². The van der Waals surface area contributed by atoms with Gasteiger partial charge in [-0.15, -0.1) is 0 Å². The number of rotatable bonds is 8. The van der Waals surface area contributed by atoms with Gasteiger partial charge in [0.05, 0.1) is 0 Å². The molecule has 1 aliphatic rings. The number of benzene rings is 11. The third kappa shape index (κ3) is 6.82. The summed E-state index contributed by atoms with van der Waals surface area (Å²) in [6.07, 6.45) is 7.04. The van der Waals surface area contributed by atoms with E-state index in [1.807, 2.05) is 0 Å². The molecule has 11 aromatic rings. The van der Waals surface area contributed by atoms with E-state index >= 15 is 0 Å². The lowest BCUT2D eigenvalue weighted by Gasteiger charge is -2.32. The van der Waals surface area contributed by atoms with Crippen LogP contribution in [0.15, 0.2) is 236 Å². The molecule has 0 aliphatic heterocycles. The van der Waals surface area contributed by atoms with Crippen molar-refractivity contribution >= 4 is 32.3 Å². The van der Waals surface area contributed by atoms with Crippen molar-refractivity contribution < 1.29 is 0 Å². The molecule has 0 spiro atoms. The first kappa shape index (κ1) is 41.4. The van der Waals surface area contributed by atoms with Crippen LogP contribution in [0.3, 0.4) is 0 Å². The molecule has 0 fully saturated rings. The number of aryl methyl sites for hydroxylation is 3. The second-order valence-electron chi connectivity index (χ2n) is 18.9. The van der Waals surface area contributed by atoms with Gasteiger partial charge in [0.1, 0.15) is 0 Å². The summed E-state index contributed by atoms with van der Waals surface area (Å²) in [6, 6.07) is 79.4. The Morgan fingerprint density at radius 1 is 0.324 bits per heavy atom. The molecular weight excluding hydrogens is 817 g/mol. The van der Waals surface area contributed by atoms with Crippen LogP contribution in [0.4, 0.5) is 0 Å². The molecule has 1 aliphatic carbocycles. The van der Waals surface area contributed by atoms with E-state index in [1.165, 1.54) is 132 Å². The Balaban J connectivity index is 1.28. The summed E-state index contributed by atoms with van der Waals surface area (Å²) in [5.41, 5.74) is 22.9. The highest BCUT2D eigenvalue weighted by Crippen LogP contribution is 2.54. The van der Waals surface area contributed by atoms with Crippen LogP contribution >= 0.6 is 0 Å². The topological polar surface area (TPSA) is 0 Å². The Labute approximate surface area is 400 Å². The van der Waals surface area contributed by atoms with E-state index in [4.69, 9.17) is 0 Å². The van der Waals surface area contributed by atoms with E-state index in [1.54, 1.807) is 0 Å². The molecule has 0 aromatic heterocycles. The van der Waals surface area contributed by atoms with E-state index in [-0.39, 0.29) is 11.8 Å². The molecule has 0 N–H and O–H groups in total. The van der Waals surface area contributed by atoms with Crippen molar-refractivity contribution in [3.05, 3.63) is 264 Å². The Kier molecular flexibility index (Phi) is 10.3. The van der Waals surface area contributed by atoms with Crippen LogP contribution in [-0.4, -0.2) is 0 Å². The first-order chi connectivity index (χ1) is 33.4. The fourth-order valence-electron chi connectivity index (χ4n) is 11.8. The van der Waals surface area contributed by atoms with Crippen LogP contribution in [0.1, 0.15) is 46.6 Å². The second kappa shape index (κ2) is 17.0. The van der Waals surface area contributed by atoms with Crippen LogP contribution in [-0.2, 0) is 0 Å². The molecule has 0 heterocycles. The van der Waals surface area contributed by atoms with Gasteiger partial charge < -0.3 is 0 Å². The smallest absolute Gasteiger partial charge is 0.0158 e. The molecule has 12 rings (SSSR count). The number of allylic oxidation sites excluding steroid dienone is 4. The van der Waals surface area contributed by atoms with Crippen LogP contribution in [0.25, 0.3) is 99.1 Å². The molecule has 0 radical (unpaired) electrons. The van der Waals surface area contributed by atoms with Crippen molar-refractivity contribution in [2.24, 2.45) is 0 Å². The summed E-state index contributed by atoms with van der Waals surface area (Å²) in [4.78, 5) is 0. The van der Waals surface area contributed by atoms with Crippen molar-refractivity contribution in [2.45, 2.75) is 39.5 Å². The van der Waals surface area contributed by atoms with Crippen molar-refractivity contribution in [3.8, 4) is 66.8 Å². The highest BCUT2D eigenvalue weighted by atomic mass is 14.3. The van der Waals surface area contributed by atoms with Gasteiger partial charge in [-0.3, -0.25) is 0 Å². The van der Waals surface area contributed by atoms with Gasteiger partial charge in [-0.1, -0.05) is 224 Å². The van der Waals surface area contributed by atoms with Crippen LogP contribution in [0.2, 0.25) is 0 Å². The number of hydrogen-bond donors (Lipinski definition) is 0. The summed E-state index contributed by atoms with van der Waals surface area (Å²) in [7, 11) is 0. The highest BCUT2D eigenvalue weighted by Gasteiger charge is 2.31. The molecular formula is C68H52. The van der Waals surface area contributed by atoms with Crippen molar-refractivity contribution in [1.29, 1.82) is 0 Å². The van der Waals surface area contributed by atoms with Gasteiger partial charge in [0.15, 0.2) is 0 Å². The Morgan fingerprint density at radius 3 is 1.15 bits per heavy atom. The molecule has 2 atom stereocenters. The third-order valence-corrected chi connectivity index (χ3v) is 14.9. The van der Waals surface area contributed by atoms with Gasteiger partial charge in [0, 0.05) is 11.8 Å². The average Bonchev–Trinajstić information content (AvgIpc) is 3.39. The lowest BCUT2D eigenvalue weighted by atomic mass is 9.71. The molecule has 0 saturated carbocycles. The summed E-state index contributed by atoms with van der Waals surface area (Å²) in [5, 5.41) is 7.79. The molecule has 324 valence electrons. The van der Waals surface area contributed by atoms with Crippen molar-refractivity contribution in [1.82, 2.24) is 0 Å². The lowest BCUT2D eigenvalue weighted by molar-refractivity contribution is 0.697. The molecule has 11 aromatic carbocycles. The molecule has 2 unspecified atom stereocenters.